The molecule has 14 rings (SSSR count). The van der Waals surface area contributed by atoms with Crippen LogP contribution in [0.2, 0.25) is 0 Å². The highest BCUT2D eigenvalue weighted by Gasteiger charge is 2.47. The van der Waals surface area contributed by atoms with Gasteiger partial charge in [0.1, 0.15) is 11.2 Å². The molecule has 0 saturated heterocycles. The number of rotatable bonds is 8. The van der Waals surface area contributed by atoms with Crippen molar-refractivity contribution in [2.45, 2.75) is 10.8 Å². The molecule has 0 bridgehead atoms. The molecule has 11 aromatic carbocycles. The van der Waals surface area contributed by atoms with Gasteiger partial charge in [-0.05, 0) is 132 Å². The van der Waals surface area contributed by atoms with E-state index in [1.807, 2.05) is 12.1 Å². The molecule has 0 saturated carbocycles. The quantitative estimate of drug-likeness (QED) is 0.151. The molecule has 2 heteroatoms. The Morgan fingerprint density at radius 2 is 0.700 bits per heavy atom. The third-order valence-corrected chi connectivity index (χ3v) is 15.2. The molecule has 328 valence electrons. The van der Waals surface area contributed by atoms with Crippen LogP contribution in [0.25, 0.3) is 55.3 Å². The summed E-state index contributed by atoms with van der Waals surface area (Å²) in [4.78, 5) is 2.44. The first-order chi connectivity index (χ1) is 34.7. The van der Waals surface area contributed by atoms with Crippen LogP contribution < -0.4 is 4.90 Å². The maximum Gasteiger partial charge on any atom is 0.135 e. The number of para-hydroxylation sites is 1. The first-order valence-electron chi connectivity index (χ1n) is 24.2. The molecule has 2 aliphatic rings. The number of furan rings is 1. The highest BCUT2D eigenvalue weighted by Crippen LogP contribution is 2.59. The minimum absolute atomic E-state index is 0.491. The molecule has 1 aromatic heterocycles. The Morgan fingerprint density at radius 3 is 1.30 bits per heavy atom. The second-order valence-corrected chi connectivity index (χ2v) is 18.7. The second-order valence-electron chi connectivity index (χ2n) is 18.7. The SMILES string of the molecule is c1ccc(C2(c3ccc(N(c4cccc(-c5ccc6oc7ccccc7c6c5)c4)c4ccc5c(c4)-c4ccccc4C5(c4ccccc4)c4ccccc4)cc3)c3ccccc3-c3ccccc32)cc1. The molecule has 0 unspecified atom stereocenters. The fourth-order valence-corrected chi connectivity index (χ4v) is 12.3. The minimum atomic E-state index is -0.497. The van der Waals surface area contributed by atoms with Crippen molar-refractivity contribution in [3.8, 4) is 33.4 Å². The molecule has 2 nitrogen and oxygen atoms in total. The lowest BCUT2D eigenvalue weighted by atomic mass is 9.67. The van der Waals surface area contributed by atoms with E-state index in [0.29, 0.717) is 0 Å². The van der Waals surface area contributed by atoms with Crippen molar-refractivity contribution in [2.75, 3.05) is 4.90 Å². The molecule has 0 atom stereocenters. The van der Waals surface area contributed by atoms with Gasteiger partial charge in [0.25, 0.3) is 0 Å². The van der Waals surface area contributed by atoms with Gasteiger partial charge in [0, 0.05) is 27.8 Å². The van der Waals surface area contributed by atoms with Gasteiger partial charge < -0.3 is 9.32 Å². The summed E-state index contributed by atoms with van der Waals surface area (Å²) in [6.07, 6.45) is 0. The average molecular weight is 892 g/mol. The van der Waals surface area contributed by atoms with Crippen LogP contribution in [-0.4, -0.2) is 0 Å². The Balaban J connectivity index is 0.978. The molecule has 1 heterocycles. The average Bonchev–Trinajstić information content (AvgIpc) is 4.07. The molecule has 0 amide bonds. The molecule has 2 aliphatic carbocycles. The van der Waals surface area contributed by atoms with Crippen LogP contribution in [-0.2, 0) is 10.8 Å². The predicted molar refractivity (Wildman–Crippen MR) is 288 cm³/mol. The summed E-state index contributed by atoms with van der Waals surface area (Å²) in [6, 6.07) is 101. The Morgan fingerprint density at radius 1 is 0.257 bits per heavy atom. The van der Waals surface area contributed by atoms with E-state index >= 15 is 0 Å². The lowest BCUT2D eigenvalue weighted by Crippen LogP contribution is -2.28. The van der Waals surface area contributed by atoms with E-state index in [0.717, 1.165) is 50.1 Å². The summed E-state index contributed by atoms with van der Waals surface area (Å²) in [7, 11) is 0. The van der Waals surface area contributed by atoms with Gasteiger partial charge in [0.15, 0.2) is 0 Å². The monoisotopic (exact) mass is 891 g/mol. The summed E-state index contributed by atoms with van der Waals surface area (Å²) in [5, 5.41) is 2.24. The van der Waals surface area contributed by atoms with E-state index in [1.54, 1.807) is 0 Å². The second kappa shape index (κ2) is 15.8. The van der Waals surface area contributed by atoms with Gasteiger partial charge in [-0.25, -0.2) is 0 Å². The van der Waals surface area contributed by atoms with E-state index in [9.17, 15) is 0 Å². The van der Waals surface area contributed by atoms with Crippen LogP contribution in [0.5, 0.6) is 0 Å². The largest absolute Gasteiger partial charge is 0.456 e. The van der Waals surface area contributed by atoms with Crippen molar-refractivity contribution >= 4 is 39.0 Å². The van der Waals surface area contributed by atoms with Crippen molar-refractivity contribution in [1.29, 1.82) is 0 Å². The number of nitrogens with zero attached hydrogens (tertiary/aromatic N) is 1. The van der Waals surface area contributed by atoms with Crippen molar-refractivity contribution in [2.24, 2.45) is 0 Å². The van der Waals surface area contributed by atoms with Crippen LogP contribution in [0.4, 0.5) is 17.1 Å². The molecule has 0 fully saturated rings. The van der Waals surface area contributed by atoms with Gasteiger partial charge >= 0.3 is 0 Å². The van der Waals surface area contributed by atoms with Crippen molar-refractivity contribution in [3.05, 3.63) is 317 Å². The minimum Gasteiger partial charge on any atom is -0.456 e. The summed E-state index contributed by atoms with van der Waals surface area (Å²) < 4.78 is 6.27. The van der Waals surface area contributed by atoms with Crippen LogP contribution >= 0.6 is 0 Å². The van der Waals surface area contributed by atoms with Crippen molar-refractivity contribution in [1.82, 2.24) is 0 Å². The van der Waals surface area contributed by atoms with Gasteiger partial charge in [-0.3, -0.25) is 0 Å². The zero-order valence-electron chi connectivity index (χ0n) is 38.3. The zero-order valence-corrected chi connectivity index (χ0v) is 38.3. The van der Waals surface area contributed by atoms with E-state index in [1.165, 1.54) is 66.8 Å². The summed E-state index contributed by atoms with van der Waals surface area (Å²) >= 11 is 0. The zero-order chi connectivity index (χ0) is 46.2. The fraction of sp³-hybridized carbons (Fsp3) is 0.0294. The van der Waals surface area contributed by atoms with Gasteiger partial charge in [0.05, 0.1) is 10.8 Å². The lowest BCUT2D eigenvalue weighted by Gasteiger charge is -2.35. The van der Waals surface area contributed by atoms with Crippen molar-refractivity contribution in [3.63, 3.8) is 0 Å². The first-order valence-corrected chi connectivity index (χ1v) is 24.2. The summed E-state index contributed by atoms with van der Waals surface area (Å²) in [6.45, 7) is 0. The Hall–Kier alpha value is -8.98. The maximum absolute atomic E-state index is 6.27. The van der Waals surface area contributed by atoms with Crippen LogP contribution in [0.3, 0.4) is 0 Å². The number of hydrogen-bond acceptors (Lipinski definition) is 2. The Bertz CT molecular complexity index is 3860. The molecule has 12 aromatic rings. The Labute approximate surface area is 408 Å². The lowest BCUT2D eigenvalue weighted by molar-refractivity contribution is 0.669. The van der Waals surface area contributed by atoms with Crippen LogP contribution in [0, 0.1) is 0 Å². The third-order valence-electron chi connectivity index (χ3n) is 15.2. The highest BCUT2D eigenvalue weighted by molar-refractivity contribution is 6.06. The normalized spacial score (nSPS) is 13.7. The highest BCUT2D eigenvalue weighted by atomic mass is 16.3. The van der Waals surface area contributed by atoms with Crippen molar-refractivity contribution < 1.29 is 4.42 Å². The van der Waals surface area contributed by atoms with Gasteiger partial charge in [-0.2, -0.15) is 0 Å². The smallest absolute Gasteiger partial charge is 0.135 e. The van der Waals surface area contributed by atoms with Gasteiger partial charge in [0.2, 0.25) is 0 Å². The number of benzene rings is 11. The molecule has 70 heavy (non-hydrogen) atoms. The third kappa shape index (κ3) is 5.80. The molecular formula is C68H45NO. The van der Waals surface area contributed by atoms with E-state index in [4.69, 9.17) is 4.42 Å². The van der Waals surface area contributed by atoms with Gasteiger partial charge in [-0.1, -0.05) is 218 Å². The maximum atomic E-state index is 6.27. The molecule has 0 aliphatic heterocycles. The topological polar surface area (TPSA) is 16.4 Å². The molecule has 0 spiro atoms. The van der Waals surface area contributed by atoms with E-state index in [2.05, 4.69) is 266 Å². The number of hydrogen-bond donors (Lipinski definition) is 0. The first kappa shape index (κ1) is 40.1. The van der Waals surface area contributed by atoms with Crippen LogP contribution in [0.15, 0.2) is 277 Å². The predicted octanol–water partition coefficient (Wildman–Crippen LogP) is 17.4. The summed E-state index contributed by atoms with van der Waals surface area (Å²) in [5.74, 6) is 0. The Kier molecular flexibility index (Phi) is 9.06. The number of fused-ring (bicyclic) bond motifs is 9. The number of anilines is 3. The standard InChI is InChI=1S/C68H45NO/c1-4-20-48(21-5-1)67(49-22-6-2-7-23-49)63-33-16-12-29-57(63)59-45-54(40-41-64(59)67)69(53-26-18-19-46(43-53)47-35-42-66-60(44-47)58-30-13-17-34-65(58)70-66)52-38-36-51(37-39-52)68(50-24-8-3-9-25-50)61-31-14-10-27-55(61)56-28-11-15-32-62(56)68/h1-45H. The molecule has 0 radical (unpaired) electrons. The van der Waals surface area contributed by atoms with E-state index < -0.39 is 10.8 Å². The fourth-order valence-electron chi connectivity index (χ4n) is 12.3. The van der Waals surface area contributed by atoms with E-state index in [-0.39, 0.29) is 0 Å². The van der Waals surface area contributed by atoms with Crippen LogP contribution in [0.1, 0.15) is 44.5 Å². The summed E-state index contributed by atoms with van der Waals surface area (Å²) in [5.41, 5.74) is 21.5. The van der Waals surface area contributed by atoms with Gasteiger partial charge in [-0.15, -0.1) is 0 Å². The molecule has 0 N–H and O–H groups in total. The molecular weight excluding hydrogens is 847 g/mol.